The molecule has 1 N–H and O–H groups in total. The fourth-order valence-corrected chi connectivity index (χ4v) is 3.75. The number of aromatic nitrogens is 1. The molecule has 27 heavy (non-hydrogen) atoms. The fraction of sp³-hybridized carbons (Fsp3) is 0.100. The zero-order valence-corrected chi connectivity index (χ0v) is 15.4. The minimum absolute atomic E-state index is 0.0849. The van der Waals surface area contributed by atoms with Crippen molar-refractivity contribution in [3.8, 4) is 11.8 Å². The average molecular weight is 374 g/mol. The summed E-state index contributed by atoms with van der Waals surface area (Å²) in [5.74, 6) is 1.02. The van der Waals surface area contributed by atoms with Gasteiger partial charge in [0.2, 0.25) is 5.13 Å². The van der Waals surface area contributed by atoms with Crippen molar-refractivity contribution in [3.05, 3.63) is 59.2 Å². The Morgan fingerprint density at radius 2 is 2.04 bits per heavy atom. The number of benzene rings is 2. The standard InChI is InChI=1S/C20H14N4O2S/c1-11(25)15(10-21)18-13-5-3-4-6-14(13)19(23-18)24-20-22-16-9-12(26-2)7-8-17(16)27-20/h3-9H,1-2H3,(H,22,23,24)/b18-15-. The van der Waals surface area contributed by atoms with Crippen LogP contribution in [-0.4, -0.2) is 23.7 Å². The van der Waals surface area contributed by atoms with Crippen molar-refractivity contribution in [3.63, 3.8) is 0 Å². The number of rotatable bonds is 3. The topological polar surface area (TPSA) is 87.4 Å². The van der Waals surface area contributed by atoms with Crippen LogP contribution < -0.4 is 10.1 Å². The van der Waals surface area contributed by atoms with Crippen molar-refractivity contribution in [2.75, 3.05) is 7.11 Å². The SMILES string of the molecule is COc1ccc2sc(/N=C3\N/C(=C(/C#N)C(C)=O)c4ccccc43)nc2c1. The van der Waals surface area contributed by atoms with Crippen molar-refractivity contribution in [2.45, 2.75) is 6.92 Å². The number of ketones is 1. The molecule has 0 bridgehead atoms. The summed E-state index contributed by atoms with van der Waals surface area (Å²) >= 11 is 1.46. The van der Waals surface area contributed by atoms with E-state index in [0.717, 1.165) is 27.1 Å². The molecular weight excluding hydrogens is 360 g/mol. The molecule has 2 heterocycles. The maximum Gasteiger partial charge on any atom is 0.212 e. The highest BCUT2D eigenvalue weighted by atomic mass is 32.1. The highest BCUT2D eigenvalue weighted by Crippen LogP contribution is 2.33. The highest BCUT2D eigenvalue weighted by molar-refractivity contribution is 7.22. The summed E-state index contributed by atoms with van der Waals surface area (Å²) in [5.41, 5.74) is 3.00. The molecule has 132 valence electrons. The lowest BCUT2D eigenvalue weighted by Gasteiger charge is -2.02. The minimum Gasteiger partial charge on any atom is -0.497 e. The van der Waals surface area contributed by atoms with Crippen LogP contribution >= 0.6 is 11.3 Å². The number of ether oxygens (including phenoxy) is 1. The largest absolute Gasteiger partial charge is 0.497 e. The predicted molar refractivity (Wildman–Crippen MR) is 105 cm³/mol. The number of aliphatic imine (C=N–C) groups is 1. The summed E-state index contributed by atoms with van der Waals surface area (Å²) in [5, 5.41) is 13.1. The van der Waals surface area contributed by atoms with Crippen molar-refractivity contribution < 1.29 is 9.53 Å². The Bertz CT molecular complexity index is 1180. The predicted octanol–water partition coefficient (Wildman–Crippen LogP) is 3.81. The summed E-state index contributed by atoms with van der Waals surface area (Å²) < 4.78 is 6.23. The van der Waals surface area contributed by atoms with Gasteiger partial charge in [0.25, 0.3) is 0 Å². The van der Waals surface area contributed by atoms with E-state index in [9.17, 15) is 10.1 Å². The summed E-state index contributed by atoms with van der Waals surface area (Å²) in [6, 6.07) is 15.2. The molecular formula is C20H14N4O2S. The Balaban J connectivity index is 1.83. The fourth-order valence-electron chi connectivity index (χ4n) is 2.92. The van der Waals surface area contributed by atoms with Gasteiger partial charge in [0.15, 0.2) is 5.78 Å². The number of thiazole rings is 1. The maximum absolute atomic E-state index is 11.8. The molecule has 0 amide bonds. The van der Waals surface area contributed by atoms with Crippen LogP contribution in [0, 0.1) is 11.3 Å². The zero-order valence-electron chi connectivity index (χ0n) is 14.6. The van der Waals surface area contributed by atoms with Crippen LogP contribution in [-0.2, 0) is 4.79 Å². The van der Waals surface area contributed by atoms with Crippen LogP contribution in [0.5, 0.6) is 5.75 Å². The number of amidine groups is 1. The van der Waals surface area contributed by atoms with Gasteiger partial charge < -0.3 is 10.1 Å². The molecule has 7 heteroatoms. The van der Waals surface area contributed by atoms with E-state index in [0.29, 0.717) is 16.7 Å². The number of allylic oxidation sites excluding steroid dienone is 1. The second-order valence-electron chi connectivity index (χ2n) is 5.88. The molecule has 0 saturated carbocycles. The molecule has 0 radical (unpaired) electrons. The minimum atomic E-state index is -0.289. The van der Waals surface area contributed by atoms with Gasteiger partial charge in [0.05, 0.1) is 23.0 Å². The summed E-state index contributed by atoms with van der Waals surface area (Å²) in [4.78, 5) is 21.0. The van der Waals surface area contributed by atoms with Gasteiger partial charge in [0.1, 0.15) is 23.2 Å². The van der Waals surface area contributed by atoms with E-state index in [1.165, 1.54) is 18.3 Å². The number of methoxy groups -OCH3 is 1. The van der Waals surface area contributed by atoms with Gasteiger partial charge in [-0.25, -0.2) is 9.98 Å². The van der Waals surface area contributed by atoms with E-state index in [1.54, 1.807) is 7.11 Å². The third-order valence-electron chi connectivity index (χ3n) is 4.20. The number of fused-ring (bicyclic) bond motifs is 2. The lowest BCUT2D eigenvalue weighted by molar-refractivity contribution is -0.113. The van der Waals surface area contributed by atoms with Crippen molar-refractivity contribution in [1.82, 2.24) is 10.3 Å². The number of Topliss-reactive ketones (excluding diaryl/α,β-unsaturated/α-hetero) is 1. The number of carbonyl (C=O) groups is 1. The Hall–Kier alpha value is -3.50. The molecule has 4 rings (SSSR count). The summed E-state index contributed by atoms with van der Waals surface area (Å²) in [6.07, 6.45) is 0. The molecule has 1 aliphatic rings. The smallest absolute Gasteiger partial charge is 0.212 e. The molecule has 6 nitrogen and oxygen atoms in total. The highest BCUT2D eigenvalue weighted by Gasteiger charge is 2.26. The van der Waals surface area contributed by atoms with E-state index in [-0.39, 0.29) is 11.4 Å². The lowest BCUT2D eigenvalue weighted by atomic mass is 10.0. The van der Waals surface area contributed by atoms with Crippen LogP contribution in [0.3, 0.4) is 0 Å². The summed E-state index contributed by atoms with van der Waals surface area (Å²) in [6.45, 7) is 1.38. The van der Waals surface area contributed by atoms with Crippen LogP contribution in [0.2, 0.25) is 0 Å². The van der Waals surface area contributed by atoms with Gasteiger partial charge in [-0.1, -0.05) is 35.6 Å². The molecule has 1 aromatic heterocycles. The third kappa shape index (κ3) is 2.96. The molecule has 0 atom stereocenters. The summed E-state index contributed by atoms with van der Waals surface area (Å²) in [7, 11) is 1.61. The number of hydrogen-bond acceptors (Lipinski definition) is 6. The molecule has 0 saturated heterocycles. The quantitative estimate of drug-likeness (QED) is 0.556. The maximum atomic E-state index is 11.8. The molecule has 0 spiro atoms. The van der Waals surface area contributed by atoms with E-state index in [4.69, 9.17) is 4.74 Å². The zero-order chi connectivity index (χ0) is 19.0. The Morgan fingerprint density at radius 1 is 1.26 bits per heavy atom. The molecule has 3 aromatic rings. The first-order chi connectivity index (χ1) is 13.1. The van der Waals surface area contributed by atoms with Crippen LogP contribution in [0.25, 0.3) is 15.9 Å². The Kier molecular flexibility index (Phi) is 4.18. The second-order valence-corrected chi connectivity index (χ2v) is 6.89. The molecule has 0 aliphatic carbocycles. The number of hydrogen-bond donors (Lipinski definition) is 1. The normalized spacial score (nSPS) is 16.0. The third-order valence-corrected chi connectivity index (χ3v) is 5.13. The van der Waals surface area contributed by atoms with Crippen molar-refractivity contribution >= 4 is 44.0 Å². The number of carbonyl (C=O) groups excluding carboxylic acids is 1. The van der Waals surface area contributed by atoms with E-state index >= 15 is 0 Å². The van der Waals surface area contributed by atoms with E-state index < -0.39 is 0 Å². The first-order valence-electron chi connectivity index (χ1n) is 8.16. The van der Waals surface area contributed by atoms with Crippen LogP contribution in [0.15, 0.2) is 53.0 Å². The number of nitrogens with zero attached hydrogens (tertiary/aromatic N) is 3. The van der Waals surface area contributed by atoms with Gasteiger partial charge in [-0.05, 0) is 19.1 Å². The van der Waals surface area contributed by atoms with Crippen LogP contribution in [0.4, 0.5) is 5.13 Å². The number of nitrogens with one attached hydrogen (secondary N) is 1. The first kappa shape index (κ1) is 16.9. The Morgan fingerprint density at radius 3 is 2.74 bits per heavy atom. The molecule has 1 aliphatic heterocycles. The van der Waals surface area contributed by atoms with E-state index in [1.807, 2.05) is 48.5 Å². The van der Waals surface area contributed by atoms with Crippen molar-refractivity contribution in [1.29, 1.82) is 5.26 Å². The molecule has 0 unspecified atom stereocenters. The van der Waals surface area contributed by atoms with Gasteiger partial charge in [-0.3, -0.25) is 4.79 Å². The number of nitriles is 1. The Labute approximate surface area is 159 Å². The lowest BCUT2D eigenvalue weighted by Crippen LogP contribution is -2.16. The van der Waals surface area contributed by atoms with Gasteiger partial charge in [0, 0.05) is 17.2 Å². The van der Waals surface area contributed by atoms with Gasteiger partial charge >= 0.3 is 0 Å². The molecule has 2 aromatic carbocycles. The first-order valence-corrected chi connectivity index (χ1v) is 8.97. The van der Waals surface area contributed by atoms with Crippen molar-refractivity contribution in [2.24, 2.45) is 4.99 Å². The van der Waals surface area contributed by atoms with Crippen LogP contribution in [0.1, 0.15) is 18.1 Å². The molecule has 0 fully saturated rings. The second kappa shape index (κ2) is 6.67. The van der Waals surface area contributed by atoms with Gasteiger partial charge in [-0.15, -0.1) is 0 Å². The van der Waals surface area contributed by atoms with Gasteiger partial charge in [-0.2, -0.15) is 5.26 Å². The average Bonchev–Trinajstić information content (AvgIpc) is 3.23. The van der Waals surface area contributed by atoms with E-state index in [2.05, 4.69) is 15.3 Å². The monoisotopic (exact) mass is 374 g/mol.